The maximum Gasteiger partial charge on any atom is 0.192 e. The molecule has 0 aliphatic rings. The van der Waals surface area contributed by atoms with E-state index in [1.165, 1.54) is 32.1 Å². The van der Waals surface area contributed by atoms with E-state index >= 15 is 0 Å². The molecule has 0 spiro atoms. The van der Waals surface area contributed by atoms with E-state index in [1.807, 2.05) is 0 Å². The number of rotatable bonds is 29. The molecule has 0 unspecified atom stereocenters. The van der Waals surface area contributed by atoms with Gasteiger partial charge >= 0.3 is 0 Å². The van der Waals surface area contributed by atoms with Gasteiger partial charge in [0.1, 0.15) is 0 Å². The largest absolute Gasteiger partial charge is 0.414 e. The lowest BCUT2D eigenvalue weighted by Gasteiger charge is -2.36. The van der Waals surface area contributed by atoms with Crippen LogP contribution in [0, 0.1) is 0 Å². The molecule has 0 atom stereocenters. The van der Waals surface area contributed by atoms with Crippen LogP contribution in [0.5, 0.6) is 0 Å². The predicted octanol–water partition coefficient (Wildman–Crippen LogP) is 5.48. The van der Waals surface area contributed by atoms with Crippen LogP contribution in [-0.2, 0) is 37.6 Å². The van der Waals surface area contributed by atoms with E-state index in [2.05, 4.69) is 40.8 Å². The predicted molar refractivity (Wildman–Crippen MR) is 152 cm³/mol. The van der Waals surface area contributed by atoms with Crippen LogP contribution < -0.4 is 0 Å². The fraction of sp³-hybridized carbons (Fsp3) is 1.00. The van der Waals surface area contributed by atoms with E-state index in [9.17, 15) is 0 Å². The van der Waals surface area contributed by atoms with Crippen LogP contribution in [0.15, 0.2) is 0 Å². The summed E-state index contributed by atoms with van der Waals surface area (Å²) in [5.41, 5.74) is 0. The molecule has 0 aromatic rings. The van der Waals surface area contributed by atoms with E-state index in [-0.39, 0.29) is 5.04 Å². The Morgan fingerprint density at radius 2 is 0.703 bits per heavy atom. The Morgan fingerprint density at radius 1 is 0.405 bits per heavy atom. The van der Waals surface area contributed by atoms with Crippen molar-refractivity contribution in [3.05, 3.63) is 0 Å². The van der Waals surface area contributed by atoms with Crippen LogP contribution in [0.25, 0.3) is 0 Å². The molecule has 0 bridgehead atoms. The molecule has 0 rings (SSSR count). The van der Waals surface area contributed by atoms with E-state index in [1.54, 1.807) is 0 Å². The molecular formula is C28H60O8Si. The molecule has 0 N–H and O–H groups in total. The molecule has 0 aromatic carbocycles. The summed E-state index contributed by atoms with van der Waals surface area (Å²) in [5, 5.41) is 0.229. The van der Waals surface area contributed by atoms with Gasteiger partial charge in [0.05, 0.1) is 92.5 Å². The first kappa shape index (κ1) is 36.9. The average Bonchev–Trinajstić information content (AvgIpc) is 2.85. The first-order valence-electron chi connectivity index (χ1n) is 14.5. The van der Waals surface area contributed by atoms with Crippen LogP contribution in [-0.4, -0.2) is 107 Å². The van der Waals surface area contributed by atoms with Crippen molar-refractivity contribution >= 4 is 8.32 Å². The zero-order valence-corrected chi connectivity index (χ0v) is 26.1. The van der Waals surface area contributed by atoms with Crippen molar-refractivity contribution in [1.29, 1.82) is 0 Å². The quantitative estimate of drug-likeness (QED) is 0.0892. The second-order valence-electron chi connectivity index (χ2n) is 10.7. The summed E-state index contributed by atoms with van der Waals surface area (Å²) in [7, 11) is -1.68. The third-order valence-corrected chi connectivity index (χ3v) is 10.9. The summed E-state index contributed by atoms with van der Waals surface area (Å²) >= 11 is 0. The van der Waals surface area contributed by atoms with Crippen LogP contribution >= 0.6 is 0 Å². The first-order valence-corrected chi connectivity index (χ1v) is 17.4. The van der Waals surface area contributed by atoms with Gasteiger partial charge in [0, 0.05) is 6.61 Å². The van der Waals surface area contributed by atoms with Crippen molar-refractivity contribution in [3.63, 3.8) is 0 Å². The minimum atomic E-state index is -1.68. The van der Waals surface area contributed by atoms with Crippen molar-refractivity contribution in [3.8, 4) is 0 Å². The summed E-state index contributed by atoms with van der Waals surface area (Å²) in [6, 6.07) is 0. The molecule has 0 heterocycles. The Balaban J connectivity index is 3.13. The van der Waals surface area contributed by atoms with Crippen molar-refractivity contribution in [2.75, 3.05) is 99.1 Å². The topological polar surface area (TPSA) is 73.8 Å². The van der Waals surface area contributed by atoms with Gasteiger partial charge < -0.3 is 37.6 Å². The van der Waals surface area contributed by atoms with Gasteiger partial charge in [-0.3, -0.25) is 0 Å². The van der Waals surface area contributed by atoms with Gasteiger partial charge in [-0.1, -0.05) is 59.8 Å². The molecule has 0 saturated carbocycles. The number of ether oxygens (including phenoxy) is 7. The molecule has 224 valence electrons. The SMILES string of the molecule is CCCCCCCCOCCOCCOCCOCCOCCOCCOCCO[Si](C)(C)C(C)(C)C. The fourth-order valence-electron chi connectivity index (χ4n) is 2.98. The zero-order chi connectivity index (χ0) is 27.5. The minimum absolute atomic E-state index is 0.229. The molecular weight excluding hydrogens is 492 g/mol. The van der Waals surface area contributed by atoms with Gasteiger partial charge in [-0.2, -0.15) is 0 Å². The van der Waals surface area contributed by atoms with Crippen LogP contribution in [0.2, 0.25) is 18.1 Å². The number of hydrogen-bond acceptors (Lipinski definition) is 8. The lowest BCUT2D eigenvalue weighted by Crippen LogP contribution is -2.41. The average molecular weight is 553 g/mol. The molecule has 0 aromatic heterocycles. The molecule has 37 heavy (non-hydrogen) atoms. The summed E-state index contributed by atoms with van der Waals surface area (Å²) in [5.74, 6) is 0. The summed E-state index contributed by atoms with van der Waals surface area (Å²) in [6.07, 6.45) is 7.73. The van der Waals surface area contributed by atoms with E-state index in [0.29, 0.717) is 92.5 Å². The second kappa shape index (κ2) is 26.1. The molecule has 0 amide bonds. The Labute approximate surface area is 229 Å². The minimum Gasteiger partial charge on any atom is -0.414 e. The molecule has 0 fully saturated rings. The lowest BCUT2D eigenvalue weighted by molar-refractivity contribution is -0.0214. The highest BCUT2D eigenvalue weighted by molar-refractivity contribution is 6.74. The van der Waals surface area contributed by atoms with Gasteiger partial charge in [0.15, 0.2) is 8.32 Å². The van der Waals surface area contributed by atoms with E-state index < -0.39 is 8.32 Å². The highest BCUT2D eigenvalue weighted by Gasteiger charge is 2.36. The van der Waals surface area contributed by atoms with Crippen molar-refractivity contribution in [2.24, 2.45) is 0 Å². The van der Waals surface area contributed by atoms with E-state index in [0.717, 1.165) is 13.0 Å². The Hall–Kier alpha value is -0.103. The molecule has 0 aliphatic carbocycles. The van der Waals surface area contributed by atoms with Crippen molar-refractivity contribution in [1.82, 2.24) is 0 Å². The summed E-state index contributed by atoms with van der Waals surface area (Å²) < 4.78 is 44.7. The monoisotopic (exact) mass is 552 g/mol. The normalized spacial score (nSPS) is 12.5. The smallest absolute Gasteiger partial charge is 0.192 e. The maximum absolute atomic E-state index is 6.07. The van der Waals surface area contributed by atoms with Crippen LogP contribution in [0.4, 0.5) is 0 Å². The highest BCUT2D eigenvalue weighted by atomic mass is 28.4. The van der Waals surface area contributed by atoms with Gasteiger partial charge in [0.2, 0.25) is 0 Å². The number of hydrogen-bond donors (Lipinski definition) is 0. The van der Waals surface area contributed by atoms with Gasteiger partial charge in [-0.25, -0.2) is 0 Å². The molecule has 0 radical (unpaired) electrons. The third-order valence-electron chi connectivity index (χ3n) is 6.37. The Bertz CT molecular complexity index is 460. The molecule has 9 heteroatoms. The summed E-state index contributed by atoms with van der Waals surface area (Å²) in [4.78, 5) is 0. The maximum atomic E-state index is 6.07. The van der Waals surface area contributed by atoms with Gasteiger partial charge in [-0.15, -0.1) is 0 Å². The first-order chi connectivity index (χ1) is 17.8. The van der Waals surface area contributed by atoms with E-state index in [4.69, 9.17) is 37.6 Å². The highest BCUT2D eigenvalue weighted by Crippen LogP contribution is 2.36. The lowest BCUT2D eigenvalue weighted by atomic mass is 10.1. The van der Waals surface area contributed by atoms with Crippen LogP contribution in [0.3, 0.4) is 0 Å². The Morgan fingerprint density at radius 3 is 1.05 bits per heavy atom. The number of unbranched alkanes of at least 4 members (excludes halogenated alkanes) is 5. The van der Waals surface area contributed by atoms with Crippen molar-refractivity contribution in [2.45, 2.75) is 84.4 Å². The third kappa shape index (κ3) is 25.9. The summed E-state index contributed by atoms with van der Waals surface area (Å²) in [6.45, 7) is 22.4. The van der Waals surface area contributed by atoms with Crippen LogP contribution in [0.1, 0.15) is 66.2 Å². The fourth-order valence-corrected chi connectivity index (χ4v) is 4.00. The second-order valence-corrected chi connectivity index (χ2v) is 15.5. The van der Waals surface area contributed by atoms with Gasteiger partial charge in [-0.05, 0) is 24.6 Å². The zero-order valence-electron chi connectivity index (χ0n) is 25.1. The molecule has 8 nitrogen and oxygen atoms in total. The van der Waals surface area contributed by atoms with Gasteiger partial charge in [0.25, 0.3) is 0 Å². The molecule has 0 aliphatic heterocycles. The molecule has 0 saturated heterocycles. The standard InChI is InChI=1S/C28H60O8Si/c1-7-8-9-10-11-12-13-29-14-15-30-16-17-31-18-19-32-20-21-33-22-23-34-24-25-35-26-27-36-37(5,6)28(2,3)4/h7-27H2,1-6H3. The van der Waals surface area contributed by atoms with Crippen molar-refractivity contribution < 1.29 is 37.6 Å². The Kier molecular flexibility index (Phi) is 26.1.